The quantitative estimate of drug-likeness (QED) is 0.833. The van der Waals surface area contributed by atoms with E-state index in [0.717, 1.165) is 19.4 Å². The number of likely N-dealkylation sites (N-methyl/N-ethyl adjacent to an activating group) is 1. The Morgan fingerprint density at radius 1 is 1.48 bits per heavy atom. The summed E-state index contributed by atoms with van der Waals surface area (Å²) in [6, 6.07) is 0. The number of hydrogen-bond acceptors (Lipinski definition) is 4. The molecule has 3 unspecified atom stereocenters. The fourth-order valence-electron chi connectivity index (χ4n) is 3.85. The molecule has 1 aliphatic heterocycles. The molecule has 122 valence electrons. The lowest BCUT2D eigenvalue weighted by Crippen LogP contribution is -2.82. The molecule has 0 aromatic rings. The van der Waals surface area contributed by atoms with E-state index in [0.29, 0.717) is 13.2 Å². The van der Waals surface area contributed by atoms with Gasteiger partial charge in [-0.3, -0.25) is 4.79 Å². The Morgan fingerprint density at radius 2 is 2.14 bits per heavy atom. The third kappa shape index (κ3) is 2.60. The molecule has 0 spiro atoms. The van der Waals surface area contributed by atoms with E-state index in [9.17, 15) is 4.79 Å². The molecule has 0 aromatic heterocycles. The van der Waals surface area contributed by atoms with E-state index in [2.05, 4.69) is 13.8 Å². The van der Waals surface area contributed by atoms with Gasteiger partial charge in [0.2, 0.25) is 5.91 Å². The van der Waals surface area contributed by atoms with Crippen molar-refractivity contribution in [3.63, 3.8) is 0 Å². The highest BCUT2D eigenvalue weighted by Gasteiger charge is 2.70. The Balaban J connectivity index is 2.03. The van der Waals surface area contributed by atoms with Crippen LogP contribution >= 0.6 is 0 Å². The number of fused-ring (bicyclic) bond motifs is 1. The van der Waals surface area contributed by atoms with Gasteiger partial charge < -0.3 is 20.1 Å². The van der Waals surface area contributed by atoms with Crippen LogP contribution in [0.2, 0.25) is 0 Å². The highest BCUT2D eigenvalue weighted by molar-refractivity contribution is 5.89. The van der Waals surface area contributed by atoms with Crippen molar-refractivity contribution < 1.29 is 14.3 Å². The Bertz CT molecular complexity index is 397. The molecule has 0 radical (unpaired) electrons. The van der Waals surface area contributed by atoms with Gasteiger partial charge >= 0.3 is 0 Å². The van der Waals surface area contributed by atoms with Crippen molar-refractivity contribution in [1.29, 1.82) is 0 Å². The molecule has 1 saturated carbocycles. The fraction of sp³-hybridized carbons (Fsp3) is 0.938. The second kappa shape index (κ2) is 5.86. The predicted octanol–water partition coefficient (Wildman–Crippen LogP) is 1.40. The standard InChI is InChI=1S/C16H30N2O3/c1-11(2)20-10-8-18(5)14(19)16(17)12-7-6-9-21-13(12)15(16,3)4/h11-13H,6-10,17H2,1-5H3. The maximum absolute atomic E-state index is 12.9. The summed E-state index contributed by atoms with van der Waals surface area (Å²) in [5, 5.41) is 0. The van der Waals surface area contributed by atoms with E-state index < -0.39 is 5.54 Å². The normalized spacial score (nSPS) is 34.2. The number of rotatable bonds is 5. The van der Waals surface area contributed by atoms with Crippen LogP contribution < -0.4 is 5.73 Å². The minimum absolute atomic E-state index is 0.0200. The molecule has 1 saturated heterocycles. The molecule has 2 N–H and O–H groups in total. The lowest BCUT2D eigenvalue weighted by atomic mass is 9.46. The van der Waals surface area contributed by atoms with E-state index in [4.69, 9.17) is 15.2 Å². The third-order valence-electron chi connectivity index (χ3n) is 5.26. The first kappa shape index (κ1) is 16.7. The summed E-state index contributed by atoms with van der Waals surface area (Å²) in [6.07, 6.45) is 2.26. The van der Waals surface area contributed by atoms with E-state index in [1.807, 2.05) is 20.9 Å². The molecule has 2 rings (SSSR count). The van der Waals surface area contributed by atoms with Crippen LogP contribution in [0.5, 0.6) is 0 Å². The van der Waals surface area contributed by atoms with Gasteiger partial charge in [0.05, 0.1) is 18.8 Å². The summed E-state index contributed by atoms with van der Waals surface area (Å²) >= 11 is 0. The molecule has 1 aliphatic carbocycles. The van der Waals surface area contributed by atoms with Crippen LogP contribution in [0.25, 0.3) is 0 Å². The fourth-order valence-corrected chi connectivity index (χ4v) is 3.85. The lowest BCUT2D eigenvalue weighted by molar-refractivity contribution is -0.229. The van der Waals surface area contributed by atoms with Crippen molar-refractivity contribution in [2.24, 2.45) is 17.1 Å². The average Bonchev–Trinajstić information content (AvgIpc) is 2.45. The van der Waals surface area contributed by atoms with Gasteiger partial charge in [0.1, 0.15) is 5.54 Å². The van der Waals surface area contributed by atoms with Crippen molar-refractivity contribution in [3.05, 3.63) is 0 Å². The molecule has 5 nitrogen and oxygen atoms in total. The first-order chi connectivity index (χ1) is 9.73. The minimum Gasteiger partial charge on any atom is -0.377 e. The number of amides is 1. The van der Waals surface area contributed by atoms with Crippen LogP contribution in [0, 0.1) is 11.3 Å². The van der Waals surface area contributed by atoms with Gasteiger partial charge in [-0.2, -0.15) is 0 Å². The van der Waals surface area contributed by atoms with Crippen LogP contribution in [0.3, 0.4) is 0 Å². The van der Waals surface area contributed by atoms with E-state index in [1.165, 1.54) is 0 Å². The van der Waals surface area contributed by atoms with Gasteiger partial charge in [-0.05, 0) is 26.7 Å². The van der Waals surface area contributed by atoms with Crippen LogP contribution in [-0.2, 0) is 14.3 Å². The van der Waals surface area contributed by atoms with Gasteiger partial charge in [0.15, 0.2) is 0 Å². The molecule has 0 aromatic carbocycles. The molecular weight excluding hydrogens is 268 g/mol. The molecule has 21 heavy (non-hydrogen) atoms. The van der Waals surface area contributed by atoms with Crippen molar-refractivity contribution in [3.8, 4) is 0 Å². The summed E-state index contributed by atoms with van der Waals surface area (Å²) in [6.45, 7) is 9.99. The Hall–Kier alpha value is -0.650. The van der Waals surface area contributed by atoms with Crippen molar-refractivity contribution >= 4 is 5.91 Å². The average molecular weight is 298 g/mol. The first-order valence-corrected chi connectivity index (χ1v) is 8.00. The summed E-state index contributed by atoms with van der Waals surface area (Å²) in [5.74, 6) is 0.161. The SMILES string of the molecule is CC(C)OCCN(C)C(=O)C1(N)C2CCCOC2C1(C)C. The van der Waals surface area contributed by atoms with Crippen LogP contribution in [0.4, 0.5) is 0 Å². The minimum atomic E-state index is -0.815. The molecule has 0 bridgehead atoms. The summed E-state index contributed by atoms with van der Waals surface area (Å²) in [5.41, 5.74) is 5.47. The van der Waals surface area contributed by atoms with Crippen molar-refractivity contribution in [2.75, 3.05) is 26.8 Å². The van der Waals surface area contributed by atoms with Crippen LogP contribution in [-0.4, -0.2) is 55.4 Å². The van der Waals surface area contributed by atoms with Crippen LogP contribution in [0.15, 0.2) is 0 Å². The van der Waals surface area contributed by atoms with E-state index in [1.54, 1.807) is 4.90 Å². The zero-order chi connectivity index (χ0) is 15.8. The van der Waals surface area contributed by atoms with Crippen molar-refractivity contribution in [1.82, 2.24) is 4.90 Å². The Morgan fingerprint density at radius 3 is 2.76 bits per heavy atom. The Kier molecular flexibility index (Phi) is 4.66. The Labute approximate surface area is 128 Å². The summed E-state index contributed by atoms with van der Waals surface area (Å²) < 4.78 is 11.4. The summed E-state index contributed by atoms with van der Waals surface area (Å²) in [4.78, 5) is 14.6. The van der Waals surface area contributed by atoms with Gasteiger partial charge in [0, 0.05) is 31.5 Å². The van der Waals surface area contributed by atoms with Crippen LogP contribution in [0.1, 0.15) is 40.5 Å². The predicted molar refractivity (Wildman–Crippen MR) is 81.9 cm³/mol. The molecule has 5 heteroatoms. The number of hydrogen-bond donors (Lipinski definition) is 1. The maximum Gasteiger partial charge on any atom is 0.243 e. The number of nitrogens with zero attached hydrogens (tertiary/aromatic N) is 1. The van der Waals surface area contributed by atoms with Gasteiger partial charge in [0.25, 0.3) is 0 Å². The molecule has 2 aliphatic rings. The zero-order valence-electron chi connectivity index (χ0n) is 14.0. The number of nitrogens with two attached hydrogens (primary N) is 1. The second-order valence-electron chi connectivity index (χ2n) is 7.28. The maximum atomic E-state index is 12.9. The number of carbonyl (C=O) groups excluding carboxylic acids is 1. The smallest absolute Gasteiger partial charge is 0.243 e. The van der Waals surface area contributed by atoms with Crippen molar-refractivity contribution in [2.45, 2.75) is 58.3 Å². The highest BCUT2D eigenvalue weighted by Crippen LogP contribution is 2.57. The molecule has 1 heterocycles. The van der Waals surface area contributed by atoms with E-state index in [-0.39, 0.29) is 29.4 Å². The van der Waals surface area contributed by atoms with Gasteiger partial charge in [-0.15, -0.1) is 0 Å². The first-order valence-electron chi connectivity index (χ1n) is 8.00. The monoisotopic (exact) mass is 298 g/mol. The van der Waals surface area contributed by atoms with Gasteiger partial charge in [-0.25, -0.2) is 0 Å². The molecular formula is C16H30N2O3. The highest BCUT2D eigenvalue weighted by atomic mass is 16.5. The van der Waals surface area contributed by atoms with Gasteiger partial charge in [-0.1, -0.05) is 13.8 Å². The summed E-state index contributed by atoms with van der Waals surface area (Å²) in [7, 11) is 1.81. The largest absolute Gasteiger partial charge is 0.377 e. The van der Waals surface area contributed by atoms with E-state index >= 15 is 0 Å². The topological polar surface area (TPSA) is 64.8 Å². The molecule has 2 fully saturated rings. The number of carbonyl (C=O) groups is 1. The second-order valence-corrected chi connectivity index (χ2v) is 7.28. The number of ether oxygens (including phenoxy) is 2. The molecule has 3 atom stereocenters. The molecule has 1 amide bonds. The third-order valence-corrected chi connectivity index (χ3v) is 5.26. The zero-order valence-corrected chi connectivity index (χ0v) is 14.0. The lowest BCUT2D eigenvalue weighted by Gasteiger charge is -2.65.